The summed E-state index contributed by atoms with van der Waals surface area (Å²) in [6, 6.07) is 15.7. The molecule has 4 saturated carbocycles. The Morgan fingerprint density at radius 2 is 1.57 bits per heavy atom. The van der Waals surface area contributed by atoms with Gasteiger partial charge < -0.3 is 9.64 Å². The lowest BCUT2D eigenvalue weighted by molar-refractivity contribution is -0.140. The van der Waals surface area contributed by atoms with E-state index in [0.717, 1.165) is 74.6 Å². The average Bonchev–Trinajstić information content (AvgIpc) is 3.36. The predicted molar refractivity (Wildman–Crippen MR) is 157 cm³/mol. The number of methoxy groups -OCH3 is 1. The lowest BCUT2D eigenvalue weighted by Gasteiger charge is -2.58. The Morgan fingerprint density at radius 3 is 2.23 bits per heavy atom. The van der Waals surface area contributed by atoms with E-state index in [2.05, 4.69) is 26.8 Å². The lowest BCUT2D eigenvalue weighted by atomic mass is 9.54. The molecular weight excluding hydrogens is 521 g/mol. The summed E-state index contributed by atoms with van der Waals surface area (Å²) in [5.41, 5.74) is 0.669. The van der Waals surface area contributed by atoms with E-state index >= 15 is 0 Å². The molecule has 4 aliphatic carbocycles. The first kappa shape index (κ1) is 26.8. The number of benzene rings is 2. The Labute approximate surface area is 242 Å². The van der Waals surface area contributed by atoms with E-state index in [1.165, 1.54) is 43.1 Å². The van der Waals surface area contributed by atoms with Gasteiger partial charge in [0.25, 0.3) is 0 Å². The summed E-state index contributed by atoms with van der Waals surface area (Å²) < 4.78 is 20.0. The molecular formula is C33H42FN3O2S. The van der Waals surface area contributed by atoms with E-state index in [0.29, 0.717) is 12.1 Å². The van der Waals surface area contributed by atoms with Gasteiger partial charge in [-0.05, 0) is 92.5 Å². The number of piperazine rings is 1. The van der Waals surface area contributed by atoms with Crippen LogP contribution in [0.15, 0.2) is 53.4 Å². The first-order valence-electron chi connectivity index (χ1n) is 15.3. The smallest absolute Gasteiger partial charge is 0.240 e. The van der Waals surface area contributed by atoms with Gasteiger partial charge in [-0.3, -0.25) is 14.6 Å². The highest BCUT2D eigenvalue weighted by atomic mass is 32.2. The average molecular weight is 564 g/mol. The van der Waals surface area contributed by atoms with Gasteiger partial charge in [0.2, 0.25) is 5.91 Å². The van der Waals surface area contributed by atoms with E-state index in [9.17, 15) is 9.18 Å². The van der Waals surface area contributed by atoms with Gasteiger partial charge in [-0.1, -0.05) is 18.2 Å². The molecule has 2 atom stereocenters. The Morgan fingerprint density at radius 1 is 0.900 bits per heavy atom. The van der Waals surface area contributed by atoms with Crippen LogP contribution in [-0.4, -0.2) is 77.8 Å². The fourth-order valence-corrected chi connectivity index (χ4v) is 10.2. The normalized spacial score (nSPS) is 34.0. The van der Waals surface area contributed by atoms with Crippen molar-refractivity contribution in [3.05, 3.63) is 59.9 Å². The van der Waals surface area contributed by atoms with Gasteiger partial charge >= 0.3 is 0 Å². The Bertz CT molecular complexity index is 1170. The van der Waals surface area contributed by atoms with Crippen molar-refractivity contribution in [2.75, 3.05) is 39.8 Å². The van der Waals surface area contributed by atoms with E-state index < -0.39 is 0 Å². The third kappa shape index (κ3) is 5.30. The molecule has 0 unspecified atom stereocenters. The van der Waals surface area contributed by atoms with Gasteiger partial charge in [0.1, 0.15) is 11.6 Å². The van der Waals surface area contributed by atoms with E-state index in [1.807, 2.05) is 36.0 Å². The number of rotatable bonds is 7. The SMILES string of the molecule is COc1ccc(S[C@H]2C[C@@H](C(=O)N3CCN(C4C5CC6CC(C5)CC4C6)CC3)N(Cc3ccccc3F)C2)cc1. The Balaban J connectivity index is 1.02. The minimum atomic E-state index is -0.205. The largest absolute Gasteiger partial charge is 0.497 e. The van der Waals surface area contributed by atoms with Crippen LogP contribution in [0.5, 0.6) is 5.75 Å². The van der Waals surface area contributed by atoms with Crippen LogP contribution in [0.4, 0.5) is 4.39 Å². The van der Waals surface area contributed by atoms with Crippen LogP contribution >= 0.6 is 11.8 Å². The maximum Gasteiger partial charge on any atom is 0.240 e. The van der Waals surface area contributed by atoms with Crippen molar-refractivity contribution in [2.24, 2.45) is 23.7 Å². The van der Waals surface area contributed by atoms with Gasteiger partial charge in [0.15, 0.2) is 0 Å². The van der Waals surface area contributed by atoms with Crippen molar-refractivity contribution in [1.29, 1.82) is 0 Å². The molecule has 2 saturated heterocycles. The molecule has 2 heterocycles. The Kier molecular flexibility index (Phi) is 7.56. The molecule has 4 bridgehead atoms. The first-order chi connectivity index (χ1) is 19.5. The molecule has 6 aliphatic rings. The summed E-state index contributed by atoms with van der Waals surface area (Å²) in [4.78, 5) is 22.3. The van der Waals surface area contributed by atoms with Crippen LogP contribution in [0.25, 0.3) is 0 Å². The molecule has 1 amide bonds. The molecule has 2 aromatic carbocycles. The number of ether oxygens (including phenoxy) is 1. The zero-order chi connectivity index (χ0) is 27.2. The maximum absolute atomic E-state index is 14.6. The number of likely N-dealkylation sites (tertiary alicyclic amines) is 1. The number of nitrogens with zero attached hydrogens (tertiary/aromatic N) is 3. The number of carbonyl (C=O) groups is 1. The van der Waals surface area contributed by atoms with Crippen molar-refractivity contribution < 1.29 is 13.9 Å². The lowest BCUT2D eigenvalue weighted by Crippen LogP contribution is -2.61. The fourth-order valence-electron chi connectivity index (χ4n) is 9.01. The molecule has 6 fully saturated rings. The van der Waals surface area contributed by atoms with Crippen molar-refractivity contribution in [2.45, 2.75) is 67.3 Å². The zero-order valence-corrected chi connectivity index (χ0v) is 24.4. The van der Waals surface area contributed by atoms with Crippen molar-refractivity contribution in [3.63, 3.8) is 0 Å². The van der Waals surface area contributed by atoms with Crippen molar-refractivity contribution in [1.82, 2.24) is 14.7 Å². The van der Waals surface area contributed by atoms with E-state index in [1.54, 1.807) is 13.2 Å². The van der Waals surface area contributed by atoms with Gasteiger partial charge in [-0.2, -0.15) is 0 Å². The number of amides is 1. The highest BCUT2D eigenvalue weighted by molar-refractivity contribution is 8.00. The fraction of sp³-hybridized carbons (Fsp3) is 0.606. The second kappa shape index (κ2) is 11.3. The monoisotopic (exact) mass is 563 g/mol. The van der Waals surface area contributed by atoms with Gasteiger partial charge in [0, 0.05) is 61.0 Å². The summed E-state index contributed by atoms with van der Waals surface area (Å²) in [7, 11) is 1.68. The summed E-state index contributed by atoms with van der Waals surface area (Å²) in [6.07, 6.45) is 8.05. The van der Waals surface area contributed by atoms with E-state index in [4.69, 9.17) is 4.74 Å². The number of hydrogen-bond donors (Lipinski definition) is 0. The molecule has 5 nitrogen and oxygen atoms in total. The molecule has 0 aromatic heterocycles. The summed E-state index contributed by atoms with van der Waals surface area (Å²) in [5.74, 6) is 4.66. The highest BCUT2D eigenvalue weighted by Gasteiger charge is 2.50. The number of hydrogen-bond acceptors (Lipinski definition) is 5. The number of carbonyl (C=O) groups excluding carboxylic acids is 1. The second-order valence-electron chi connectivity index (χ2n) is 13.0. The molecule has 0 spiro atoms. The second-order valence-corrected chi connectivity index (χ2v) is 14.3. The van der Waals surface area contributed by atoms with Gasteiger partial charge in [-0.15, -0.1) is 11.8 Å². The van der Waals surface area contributed by atoms with Gasteiger partial charge in [0.05, 0.1) is 13.2 Å². The minimum absolute atomic E-state index is 0.191. The first-order valence-corrected chi connectivity index (χ1v) is 16.2. The number of thioether (sulfide) groups is 1. The molecule has 7 heteroatoms. The standard InChI is InChI=1S/C33H42FN3O2S/c1-39-27-6-8-28(9-7-27)40-29-19-31(37(21-29)20-24-4-2-3-5-30(24)34)33(38)36-12-10-35(11-13-36)32-25-15-22-14-23(17-25)18-26(32)16-22/h2-9,22-23,25-26,29,31-32H,10-21H2,1H3/t22?,23?,25?,26?,29-,31-,32?/m0/s1. The van der Waals surface area contributed by atoms with Crippen molar-refractivity contribution >= 4 is 17.7 Å². The van der Waals surface area contributed by atoms with Gasteiger partial charge in [-0.25, -0.2) is 4.39 Å². The quantitative estimate of drug-likeness (QED) is 0.442. The maximum atomic E-state index is 14.6. The minimum Gasteiger partial charge on any atom is -0.497 e. The van der Waals surface area contributed by atoms with Crippen LogP contribution in [0.2, 0.25) is 0 Å². The molecule has 214 valence electrons. The van der Waals surface area contributed by atoms with Crippen molar-refractivity contribution in [3.8, 4) is 5.75 Å². The summed E-state index contributed by atoms with van der Waals surface area (Å²) in [6.45, 7) is 4.89. The van der Waals surface area contributed by atoms with Crippen LogP contribution in [-0.2, 0) is 11.3 Å². The van der Waals surface area contributed by atoms with Crippen LogP contribution < -0.4 is 4.74 Å². The Hall–Kier alpha value is -2.09. The zero-order valence-electron chi connectivity index (χ0n) is 23.6. The molecule has 2 aromatic rings. The predicted octanol–water partition coefficient (Wildman–Crippen LogP) is 5.54. The topological polar surface area (TPSA) is 36.0 Å². The molecule has 0 N–H and O–H groups in total. The summed E-state index contributed by atoms with van der Waals surface area (Å²) in [5, 5.41) is 0.281. The summed E-state index contributed by atoms with van der Waals surface area (Å²) >= 11 is 1.82. The molecule has 2 aliphatic heterocycles. The van der Waals surface area contributed by atoms with Crippen LogP contribution in [0, 0.1) is 29.5 Å². The van der Waals surface area contributed by atoms with Crippen LogP contribution in [0.3, 0.4) is 0 Å². The third-order valence-electron chi connectivity index (χ3n) is 10.6. The highest BCUT2D eigenvalue weighted by Crippen LogP contribution is 2.55. The third-order valence-corrected chi connectivity index (χ3v) is 11.8. The molecule has 40 heavy (non-hydrogen) atoms. The number of halogens is 1. The molecule has 0 radical (unpaired) electrons. The molecule has 8 rings (SSSR count). The van der Waals surface area contributed by atoms with E-state index in [-0.39, 0.29) is 23.0 Å². The van der Waals surface area contributed by atoms with Crippen LogP contribution in [0.1, 0.15) is 44.1 Å².